The van der Waals surface area contributed by atoms with E-state index in [1.54, 1.807) is 0 Å². The second-order valence-electron chi connectivity index (χ2n) is 22.3. The van der Waals surface area contributed by atoms with Gasteiger partial charge in [0.1, 0.15) is 6.61 Å². The first-order valence-corrected chi connectivity index (χ1v) is 35.1. The summed E-state index contributed by atoms with van der Waals surface area (Å²) in [6, 6.07) is 0. The molecule has 0 aliphatic heterocycles. The highest BCUT2D eigenvalue weighted by atomic mass is 31.2. The Labute approximate surface area is 494 Å². The number of hydrogen-bond donors (Lipinski definition) is 2. The van der Waals surface area contributed by atoms with E-state index in [0.29, 0.717) is 6.42 Å². The Morgan fingerprint density at radius 1 is 0.388 bits per heavy atom. The Hall–Kier alpha value is -2.81. The zero-order valence-electron chi connectivity index (χ0n) is 52.1. The molecule has 0 spiro atoms. The molecule has 0 rings (SSSR count). The van der Waals surface area contributed by atoms with E-state index in [-0.39, 0.29) is 38.6 Å². The average molecular weight is 1140 g/mol. The molecule has 0 aromatic carbocycles. The van der Waals surface area contributed by atoms with Crippen LogP contribution in [-0.4, -0.2) is 49.3 Å². The van der Waals surface area contributed by atoms with Crippen molar-refractivity contribution in [2.75, 3.05) is 26.4 Å². The Balaban J connectivity index is 3.78. The number of hydrogen-bond acceptors (Lipinski definition) is 8. The Kier molecular flexibility index (Phi) is 63.0. The van der Waals surface area contributed by atoms with Crippen LogP contribution in [0.1, 0.15) is 316 Å². The quantitative estimate of drug-likeness (QED) is 0.0264. The van der Waals surface area contributed by atoms with Crippen LogP contribution in [0, 0.1) is 0 Å². The van der Waals surface area contributed by atoms with E-state index in [1.807, 2.05) is 0 Å². The van der Waals surface area contributed by atoms with E-state index in [2.05, 4.69) is 98.9 Å². The van der Waals surface area contributed by atoms with Crippen LogP contribution in [0.2, 0.25) is 0 Å². The monoisotopic (exact) mass is 1140 g/mol. The summed E-state index contributed by atoms with van der Waals surface area (Å²) in [4.78, 5) is 35.2. The molecule has 10 heteroatoms. The highest BCUT2D eigenvalue weighted by Crippen LogP contribution is 2.43. The number of nitrogens with two attached hydrogens (primary N) is 1. The van der Waals surface area contributed by atoms with E-state index in [1.165, 1.54) is 199 Å². The van der Waals surface area contributed by atoms with E-state index in [0.717, 1.165) is 83.5 Å². The summed E-state index contributed by atoms with van der Waals surface area (Å²) in [5, 5.41) is 0. The van der Waals surface area contributed by atoms with E-state index in [9.17, 15) is 19.0 Å². The predicted molar refractivity (Wildman–Crippen MR) is 344 cm³/mol. The zero-order valence-corrected chi connectivity index (χ0v) is 52.9. The molecule has 80 heavy (non-hydrogen) atoms. The Morgan fingerprint density at radius 2 is 0.688 bits per heavy atom. The van der Waals surface area contributed by atoms with E-state index < -0.39 is 26.5 Å². The highest BCUT2D eigenvalue weighted by molar-refractivity contribution is 7.47. The van der Waals surface area contributed by atoms with Crippen LogP contribution in [0.15, 0.2) is 85.1 Å². The molecule has 0 fully saturated rings. The van der Waals surface area contributed by atoms with Crippen LogP contribution in [0.25, 0.3) is 0 Å². The summed E-state index contributed by atoms with van der Waals surface area (Å²) in [5.41, 5.74) is 5.39. The molecule has 0 bridgehead atoms. The molecule has 0 aliphatic rings. The van der Waals surface area contributed by atoms with Crippen LogP contribution in [0.5, 0.6) is 0 Å². The van der Waals surface area contributed by atoms with Crippen molar-refractivity contribution in [2.24, 2.45) is 5.73 Å². The number of ether oxygens (including phenoxy) is 2. The number of phosphoric acid groups is 1. The molecule has 464 valence electrons. The van der Waals surface area contributed by atoms with Gasteiger partial charge in [0.15, 0.2) is 6.10 Å². The van der Waals surface area contributed by atoms with Gasteiger partial charge in [0, 0.05) is 19.4 Å². The number of rotatable bonds is 63. The maximum absolute atomic E-state index is 12.7. The summed E-state index contributed by atoms with van der Waals surface area (Å²) in [5.74, 6) is -0.825. The fourth-order valence-corrected chi connectivity index (χ4v) is 10.3. The second kappa shape index (κ2) is 65.3. The molecule has 0 aromatic rings. The van der Waals surface area contributed by atoms with E-state index >= 15 is 0 Å². The molecule has 9 nitrogen and oxygen atoms in total. The normalized spacial score (nSPS) is 13.5. The molecule has 0 radical (unpaired) electrons. The lowest BCUT2D eigenvalue weighted by Gasteiger charge is -2.19. The first-order chi connectivity index (χ1) is 39.3. The van der Waals surface area contributed by atoms with Gasteiger partial charge in [-0.1, -0.05) is 298 Å². The topological polar surface area (TPSA) is 134 Å². The van der Waals surface area contributed by atoms with Crippen molar-refractivity contribution < 1.29 is 37.6 Å². The molecule has 0 aliphatic carbocycles. The fourth-order valence-electron chi connectivity index (χ4n) is 9.58. The zero-order chi connectivity index (χ0) is 58.0. The Morgan fingerprint density at radius 3 is 1.02 bits per heavy atom. The fraction of sp³-hybridized carbons (Fsp3) is 0.771. The minimum Gasteiger partial charge on any atom is -0.462 e. The van der Waals surface area contributed by atoms with Gasteiger partial charge < -0.3 is 20.1 Å². The maximum Gasteiger partial charge on any atom is 0.472 e. The second-order valence-corrected chi connectivity index (χ2v) is 23.8. The standard InChI is InChI=1S/C70H126NO8P/c1-3-5-7-9-11-13-15-17-19-21-23-24-25-26-27-28-29-30-31-32-33-34-35-36-37-38-39-40-41-42-43-44-45-47-49-51-53-55-57-59-61-63-70(73)79-68(67-78-80(74,75)77-65-64-71)66-76-69(72)62-60-58-56-54-52-50-48-46-22-20-18-16-14-12-10-8-6-4-2/h5,7,11,13-14,16-17,19-20,22-24,26-27,68H,3-4,6,8-10,12,15,18,21,25,28-67,71H2,1-2H3,(H,74,75)/b7-5-,13-11-,16-14-,19-17-,22-20-,24-23-,27-26-. The summed E-state index contributed by atoms with van der Waals surface area (Å²) >= 11 is 0. The van der Waals surface area contributed by atoms with E-state index in [4.69, 9.17) is 24.3 Å². The lowest BCUT2D eigenvalue weighted by molar-refractivity contribution is -0.161. The molecule has 0 amide bonds. The molecular formula is C70H126NO8P. The number of allylic oxidation sites excluding steroid dienone is 14. The van der Waals surface area contributed by atoms with Gasteiger partial charge in [-0.2, -0.15) is 0 Å². The summed E-state index contributed by atoms with van der Waals surface area (Å²) in [6.45, 7) is 3.64. The van der Waals surface area contributed by atoms with Crippen molar-refractivity contribution in [1.29, 1.82) is 0 Å². The van der Waals surface area contributed by atoms with Crippen LogP contribution in [0.4, 0.5) is 0 Å². The van der Waals surface area contributed by atoms with Gasteiger partial charge in [-0.15, -0.1) is 0 Å². The molecule has 2 unspecified atom stereocenters. The largest absolute Gasteiger partial charge is 0.472 e. The minimum absolute atomic E-state index is 0.0518. The van der Waals surface area contributed by atoms with Crippen LogP contribution >= 0.6 is 7.82 Å². The molecule has 0 saturated carbocycles. The van der Waals surface area contributed by atoms with Gasteiger partial charge in [-0.3, -0.25) is 18.6 Å². The minimum atomic E-state index is -4.39. The predicted octanol–water partition coefficient (Wildman–Crippen LogP) is 21.8. The van der Waals surface area contributed by atoms with Crippen molar-refractivity contribution in [3.8, 4) is 0 Å². The SMILES string of the molecule is CC/C=C\C/C=C\C/C=C\C/C=C\C/C=C\CCCCCCCCCCCCCCCCCCCCCCCCCCCC(=O)OC(COC(=O)CCCCCCCCC/C=C\C/C=C\CCCCCC)COP(=O)(O)OCCN. The van der Waals surface area contributed by atoms with Crippen molar-refractivity contribution in [3.63, 3.8) is 0 Å². The van der Waals surface area contributed by atoms with Crippen molar-refractivity contribution in [3.05, 3.63) is 85.1 Å². The summed E-state index contributed by atoms with van der Waals surface area (Å²) in [6.07, 6.45) is 86.8. The third-order valence-corrected chi connectivity index (χ3v) is 15.5. The lowest BCUT2D eigenvalue weighted by Crippen LogP contribution is -2.29. The first-order valence-electron chi connectivity index (χ1n) is 33.6. The summed E-state index contributed by atoms with van der Waals surface area (Å²) < 4.78 is 33.1. The van der Waals surface area contributed by atoms with Gasteiger partial charge in [0.05, 0.1) is 13.2 Å². The third-order valence-electron chi connectivity index (χ3n) is 14.5. The first kappa shape index (κ1) is 77.2. The van der Waals surface area contributed by atoms with Crippen molar-refractivity contribution in [1.82, 2.24) is 0 Å². The van der Waals surface area contributed by atoms with Gasteiger partial charge in [-0.25, -0.2) is 4.57 Å². The van der Waals surface area contributed by atoms with Crippen LogP contribution < -0.4 is 5.73 Å². The maximum atomic E-state index is 12.7. The lowest BCUT2D eigenvalue weighted by atomic mass is 10.0. The number of carbonyl (C=O) groups excluding carboxylic acids is 2. The number of carbonyl (C=O) groups is 2. The van der Waals surface area contributed by atoms with Crippen molar-refractivity contribution >= 4 is 19.8 Å². The molecule has 0 aromatic heterocycles. The van der Waals surface area contributed by atoms with Gasteiger partial charge >= 0.3 is 19.8 Å². The van der Waals surface area contributed by atoms with Gasteiger partial charge in [0.2, 0.25) is 0 Å². The molecule has 3 N–H and O–H groups in total. The molecule has 0 saturated heterocycles. The van der Waals surface area contributed by atoms with Gasteiger partial charge in [-0.05, 0) is 89.9 Å². The number of phosphoric ester groups is 1. The highest BCUT2D eigenvalue weighted by Gasteiger charge is 2.26. The van der Waals surface area contributed by atoms with Crippen LogP contribution in [-0.2, 0) is 32.7 Å². The van der Waals surface area contributed by atoms with Gasteiger partial charge in [0.25, 0.3) is 0 Å². The average Bonchev–Trinajstić information content (AvgIpc) is 3.45. The summed E-state index contributed by atoms with van der Waals surface area (Å²) in [7, 11) is -4.39. The molecule has 0 heterocycles. The number of unbranched alkanes of at least 4 members (excludes halogenated alkanes) is 36. The molecule has 2 atom stereocenters. The van der Waals surface area contributed by atoms with Crippen molar-refractivity contribution in [2.45, 2.75) is 322 Å². The number of esters is 2. The third kappa shape index (κ3) is 64.4. The Bertz CT molecular complexity index is 1590. The molecular weight excluding hydrogens is 1010 g/mol. The van der Waals surface area contributed by atoms with Crippen LogP contribution in [0.3, 0.4) is 0 Å². The smallest absolute Gasteiger partial charge is 0.462 e.